The fourth-order valence-corrected chi connectivity index (χ4v) is 5.57. The summed E-state index contributed by atoms with van der Waals surface area (Å²) in [7, 11) is 1.78. The normalized spacial score (nSPS) is 25.4. The molecule has 0 spiro atoms. The number of nitrogens with zero attached hydrogens (tertiary/aromatic N) is 2. The van der Waals surface area contributed by atoms with E-state index in [9.17, 15) is 9.59 Å². The van der Waals surface area contributed by atoms with E-state index in [1.807, 2.05) is 15.9 Å². The van der Waals surface area contributed by atoms with E-state index in [0.717, 1.165) is 38.8 Å². The number of likely N-dealkylation sites (tertiary alicyclic amines) is 2. The number of hydrogen-bond acceptors (Lipinski definition) is 3. The van der Waals surface area contributed by atoms with Crippen molar-refractivity contribution < 1.29 is 14.3 Å². The van der Waals surface area contributed by atoms with Crippen LogP contribution in [0.3, 0.4) is 0 Å². The minimum atomic E-state index is -0.145. The van der Waals surface area contributed by atoms with E-state index in [1.165, 1.54) is 24.8 Å². The second-order valence-corrected chi connectivity index (χ2v) is 8.97. The van der Waals surface area contributed by atoms with Crippen LogP contribution in [0, 0.1) is 11.8 Å². The predicted octanol–water partition coefficient (Wildman–Crippen LogP) is 3.79. The van der Waals surface area contributed by atoms with Gasteiger partial charge in [0.05, 0.1) is 12.0 Å². The Kier molecular flexibility index (Phi) is 6.53. The van der Waals surface area contributed by atoms with Gasteiger partial charge in [-0.2, -0.15) is 0 Å². The lowest BCUT2D eigenvalue weighted by molar-refractivity contribution is -0.137. The van der Waals surface area contributed by atoms with Gasteiger partial charge in [-0.05, 0) is 37.2 Å². The molecule has 1 aromatic carbocycles. The van der Waals surface area contributed by atoms with E-state index in [-0.39, 0.29) is 23.8 Å². The molecular weight excluding hydrogens is 364 g/mol. The van der Waals surface area contributed by atoms with Gasteiger partial charge in [-0.25, -0.2) is 0 Å². The number of ether oxygens (including phenoxy) is 1. The fraction of sp³-hybridized carbons (Fsp3) is 0.667. The molecule has 0 N–H and O–H groups in total. The van der Waals surface area contributed by atoms with Crippen molar-refractivity contribution in [2.24, 2.45) is 11.8 Å². The van der Waals surface area contributed by atoms with Crippen molar-refractivity contribution in [3.8, 4) is 0 Å². The van der Waals surface area contributed by atoms with Gasteiger partial charge >= 0.3 is 0 Å². The summed E-state index contributed by atoms with van der Waals surface area (Å²) in [6.45, 7) is 2.17. The highest BCUT2D eigenvalue weighted by Gasteiger charge is 2.40. The van der Waals surface area contributed by atoms with Gasteiger partial charge in [0.25, 0.3) is 0 Å². The second kappa shape index (κ2) is 9.29. The molecule has 0 bridgehead atoms. The molecule has 2 saturated heterocycles. The summed E-state index contributed by atoms with van der Waals surface area (Å²) in [5.74, 6) is 0.654. The zero-order chi connectivity index (χ0) is 20.2. The Morgan fingerprint density at radius 3 is 2.38 bits per heavy atom. The maximum atomic E-state index is 13.1. The molecule has 1 aliphatic carbocycles. The Bertz CT molecular complexity index is 693. The van der Waals surface area contributed by atoms with Gasteiger partial charge in [-0.1, -0.05) is 49.6 Å². The quantitative estimate of drug-likeness (QED) is 0.758. The first-order valence-corrected chi connectivity index (χ1v) is 11.3. The van der Waals surface area contributed by atoms with Crippen molar-refractivity contribution in [1.29, 1.82) is 0 Å². The molecule has 2 heterocycles. The molecule has 3 fully saturated rings. The topological polar surface area (TPSA) is 49.9 Å². The summed E-state index contributed by atoms with van der Waals surface area (Å²) < 4.78 is 5.81. The van der Waals surface area contributed by atoms with E-state index in [4.69, 9.17) is 4.74 Å². The molecule has 29 heavy (non-hydrogen) atoms. The molecular formula is C24H34N2O3. The number of methoxy groups -OCH3 is 1. The molecule has 0 radical (unpaired) electrons. The molecule has 158 valence electrons. The van der Waals surface area contributed by atoms with Gasteiger partial charge in [0.15, 0.2) is 0 Å². The molecule has 1 saturated carbocycles. The van der Waals surface area contributed by atoms with E-state index in [2.05, 4.69) is 24.3 Å². The Morgan fingerprint density at radius 2 is 1.72 bits per heavy atom. The highest BCUT2D eigenvalue weighted by atomic mass is 16.5. The largest absolute Gasteiger partial charge is 0.376 e. The average Bonchev–Trinajstić information content (AvgIpc) is 3.17. The molecule has 3 aliphatic rings. The van der Waals surface area contributed by atoms with Crippen LogP contribution in [0.5, 0.6) is 0 Å². The molecule has 2 amide bonds. The summed E-state index contributed by atoms with van der Waals surface area (Å²) in [6, 6.07) is 10.7. The van der Waals surface area contributed by atoms with Gasteiger partial charge in [-0.3, -0.25) is 9.59 Å². The van der Waals surface area contributed by atoms with Crippen LogP contribution in [0.1, 0.15) is 63.0 Å². The predicted molar refractivity (Wildman–Crippen MR) is 112 cm³/mol. The average molecular weight is 399 g/mol. The van der Waals surface area contributed by atoms with E-state index < -0.39 is 0 Å². The molecule has 2 aliphatic heterocycles. The lowest BCUT2D eigenvalue weighted by Crippen LogP contribution is -2.44. The van der Waals surface area contributed by atoms with Crippen LogP contribution in [-0.2, 0) is 14.3 Å². The van der Waals surface area contributed by atoms with Crippen LogP contribution < -0.4 is 0 Å². The first-order valence-electron chi connectivity index (χ1n) is 11.3. The van der Waals surface area contributed by atoms with Crippen molar-refractivity contribution in [2.45, 2.75) is 63.5 Å². The Hall–Kier alpha value is -1.88. The third kappa shape index (κ3) is 4.50. The third-order valence-corrected chi connectivity index (χ3v) is 7.18. The monoisotopic (exact) mass is 398 g/mol. The maximum Gasteiger partial charge on any atom is 0.227 e. The molecule has 0 aromatic heterocycles. The Labute approximate surface area is 174 Å². The smallest absolute Gasteiger partial charge is 0.227 e. The van der Waals surface area contributed by atoms with Crippen molar-refractivity contribution >= 4 is 11.8 Å². The first-order chi connectivity index (χ1) is 14.2. The standard InChI is InChI=1S/C24H34N2O3/c1-29-23(18-8-4-2-5-9-18)19-12-14-25(15-13-19)24(28)20-16-22(27)26(17-20)21-10-6-3-7-11-21/h2,4-5,8-9,19-21,23H,3,6-7,10-17H2,1H3. The third-order valence-electron chi connectivity index (χ3n) is 7.18. The minimum Gasteiger partial charge on any atom is -0.376 e. The zero-order valence-electron chi connectivity index (χ0n) is 17.6. The Morgan fingerprint density at radius 1 is 1.03 bits per heavy atom. The van der Waals surface area contributed by atoms with Crippen molar-refractivity contribution in [3.63, 3.8) is 0 Å². The summed E-state index contributed by atoms with van der Waals surface area (Å²) >= 11 is 0. The highest BCUT2D eigenvalue weighted by Crippen LogP contribution is 2.35. The van der Waals surface area contributed by atoms with E-state index in [0.29, 0.717) is 24.9 Å². The molecule has 5 heteroatoms. The number of amides is 2. The first kappa shape index (κ1) is 20.4. The number of benzene rings is 1. The number of piperidine rings is 1. The molecule has 4 rings (SSSR count). The van der Waals surface area contributed by atoms with Crippen LogP contribution >= 0.6 is 0 Å². The van der Waals surface area contributed by atoms with Crippen LogP contribution in [0.4, 0.5) is 0 Å². The summed E-state index contributed by atoms with van der Waals surface area (Å²) in [5.41, 5.74) is 1.21. The summed E-state index contributed by atoms with van der Waals surface area (Å²) in [4.78, 5) is 29.7. The second-order valence-electron chi connectivity index (χ2n) is 8.97. The number of hydrogen-bond donors (Lipinski definition) is 0. The van der Waals surface area contributed by atoms with Gasteiger partial charge in [0.1, 0.15) is 0 Å². The van der Waals surface area contributed by atoms with E-state index >= 15 is 0 Å². The molecule has 2 atom stereocenters. The summed E-state index contributed by atoms with van der Waals surface area (Å²) in [6.07, 6.45) is 8.31. The van der Waals surface area contributed by atoms with Gasteiger partial charge in [-0.15, -0.1) is 0 Å². The minimum absolute atomic E-state index is 0.0864. The van der Waals surface area contributed by atoms with Crippen LogP contribution in [0.25, 0.3) is 0 Å². The van der Waals surface area contributed by atoms with Gasteiger partial charge in [0.2, 0.25) is 11.8 Å². The fourth-order valence-electron chi connectivity index (χ4n) is 5.57. The lowest BCUT2D eigenvalue weighted by atomic mass is 9.87. The number of rotatable bonds is 5. The zero-order valence-corrected chi connectivity index (χ0v) is 17.6. The number of carbonyl (C=O) groups is 2. The lowest BCUT2D eigenvalue weighted by Gasteiger charge is -2.37. The number of carbonyl (C=O) groups excluding carboxylic acids is 2. The molecule has 2 unspecified atom stereocenters. The van der Waals surface area contributed by atoms with Crippen molar-refractivity contribution in [2.75, 3.05) is 26.7 Å². The highest BCUT2D eigenvalue weighted by molar-refractivity contribution is 5.89. The SMILES string of the molecule is COC(c1ccccc1)C1CCN(C(=O)C2CC(=O)N(C3CCCCC3)C2)CC1. The van der Waals surface area contributed by atoms with E-state index in [1.54, 1.807) is 7.11 Å². The summed E-state index contributed by atoms with van der Waals surface area (Å²) in [5, 5.41) is 0. The van der Waals surface area contributed by atoms with Crippen LogP contribution in [0.15, 0.2) is 30.3 Å². The molecule has 1 aromatic rings. The van der Waals surface area contributed by atoms with Crippen LogP contribution in [0.2, 0.25) is 0 Å². The van der Waals surface area contributed by atoms with Crippen molar-refractivity contribution in [1.82, 2.24) is 9.80 Å². The van der Waals surface area contributed by atoms with Crippen LogP contribution in [-0.4, -0.2) is 54.4 Å². The molecule has 5 nitrogen and oxygen atoms in total. The van der Waals surface area contributed by atoms with Gasteiger partial charge in [0, 0.05) is 39.2 Å². The Balaban J connectivity index is 1.31. The maximum absolute atomic E-state index is 13.1. The van der Waals surface area contributed by atoms with Crippen molar-refractivity contribution in [3.05, 3.63) is 35.9 Å². The van der Waals surface area contributed by atoms with Gasteiger partial charge < -0.3 is 14.5 Å².